The van der Waals surface area contributed by atoms with Gasteiger partial charge in [-0.1, -0.05) is 22.0 Å². The highest BCUT2D eigenvalue weighted by molar-refractivity contribution is 9.10. The largest absolute Gasteiger partial charge is 0.384 e. The molecule has 0 fully saturated rings. The summed E-state index contributed by atoms with van der Waals surface area (Å²) in [4.78, 5) is 19.1. The van der Waals surface area contributed by atoms with Crippen molar-refractivity contribution in [1.82, 2.24) is 4.98 Å². The lowest BCUT2D eigenvalue weighted by Crippen LogP contribution is -2.31. The van der Waals surface area contributed by atoms with Gasteiger partial charge in [-0.3, -0.25) is 4.79 Å². The maximum absolute atomic E-state index is 12.8. The highest BCUT2D eigenvalue weighted by Gasteiger charge is 2.20. The van der Waals surface area contributed by atoms with Crippen molar-refractivity contribution in [3.63, 3.8) is 0 Å². The van der Waals surface area contributed by atoms with E-state index in [1.54, 1.807) is 11.0 Å². The molecule has 22 heavy (non-hydrogen) atoms. The lowest BCUT2D eigenvalue weighted by molar-refractivity contribution is 0.0983. The summed E-state index contributed by atoms with van der Waals surface area (Å²) >= 11 is 3.45. The minimum absolute atomic E-state index is 0.0611. The molecule has 1 aliphatic heterocycles. The van der Waals surface area contributed by atoms with Crippen molar-refractivity contribution in [2.75, 3.05) is 23.3 Å². The van der Waals surface area contributed by atoms with Gasteiger partial charge in [0.2, 0.25) is 0 Å². The molecule has 3 rings (SSSR count). The minimum Gasteiger partial charge on any atom is -0.384 e. The Morgan fingerprint density at radius 1 is 1.36 bits per heavy atom. The van der Waals surface area contributed by atoms with Crippen LogP contribution in [0.25, 0.3) is 0 Å². The lowest BCUT2D eigenvalue weighted by Gasteiger charge is -2.22. The first-order valence-corrected chi connectivity index (χ1v) is 8.29. The monoisotopic (exact) mass is 359 g/mol. The van der Waals surface area contributed by atoms with Crippen molar-refractivity contribution >= 4 is 33.2 Å². The number of carbonyl (C=O) groups excluding carboxylic acids is 1. The van der Waals surface area contributed by atoms with Gasteiger partial charge in [0.1, 0.15) is 5.69 Å². The number of aryl methyl sites for hydroxylation is 1. The number of pyridine rings is 1. The standard InChI is InChI=1S/C17H18BrN3O/c1-2-21(13-6-3-5-12(18)11-13)17(22)16-9-8-14-15(20-16)7-4-10-19-14/h3,5-6,8-9,11,19H,2,4,7,10H2,1H3. The predicted molar refractivity (Wildman–Crippen MR) is 92.5 cm³/mol. The average molecular weight is 360 g/mol. The molecule has 1 N–H and O–H groups in total. The number of anilines is 2. The first-order valence-electron chi connectivity index (χ1n) is 7.50. The molecule has 0 unspecified atom stereocenters. The van der Waals surface area contributed by atoms with E-state index >= 15 is 0 Å². The van der Waals surface area contributed by atoms with Crippen molar-refractivity contribution in [3.8, 4) is 0 Å². The van der Waals surface area contributed by atoms with Gasteiger partial charge < -0.3 is 10.2 Å². The van der Waals surface area contributed by atoms with Crippen LogP contribution in [0.2, 0.25) is 0 Å². The molecule has 114 valence electrons. The number of fused-ring (bicyclic) bond motifs is 1. The molecule has 5 heteroatoms. The van der Waals surface area contributed by atoms with E-state index in [1.165, 1.54) is 0 Å². The Bertz CT molecular complexity index is 702. The summed E-state index contributed by atoms with van der Waals surface area (Å²) in [6.45, 7) is 3.55. The van der Waals surface area contributed by atoms with Crippen LogP contribution in [0.4, 0.5) is 11.4 Å². The highest BCUT2D eigenvalue weighted by atomic mass is 79.9. The Morgan fingerprint density at radius 2 is 2.23 bits per heavy atom. The quantitative estimate of drug-likeness (QED) is 0.904. The van der Waals surface area contributed by atoms with Crippen LogP contribution in [-0.2, 0) is 6.42 Å². The van der Waals surface area contributed by atoms with Crippen LogP contribution in [0.15, 0.2) is 40.9 Å². The zero-order valence-electron chi connectivity index (χ0n) is 12.5. The zero-order valence-corrected chi connectivity index (χ0v) is 14.1. The SMILES string of the molecule is CCN(C(=O)c1ccc2c(n1)CCCN2)c1cccc(Br)c1. The molecule has 2 heterocycles. The van der Waals surface area contributed by atoms with Crippen LogP contribution in [-0.4, -0.2) is 24.0 Å². The van der Waals surface area contributed by atoms with Crippen LogP contribution in [0.3, 0.4) is 0 Å². The lowest BCUT2D eigenvalue weighted by atomic mass is 10.1. The molecule has 0 saturated carbocycles. The van der Waals surface area contributed by atoms with Gasteiger partial charge in [-0.2, -0.15) is 0 Å². The molecule has 1 aliphatic rings. The summed E-state index contributed by atoms with van der Waals surface area (Å²) in [7, 11) is 0. The van der Waals surface area contributed by atoms with E-state index in [4.69, 9.17) is 0 Å². The number of rotatable bonds is 3. The predicted octanol–water partition coefficient (Wildman–Crippen LogP) is 3.87. The van der Waals surface area contributed by atoms with Gasteiger partial charge >= 0.3 is 0 Å². The second-order valence-electron chi connectivity index (χ2n) is 5.25. The number of carbonyl (C=O) groups is 1. The summed E-state index contributed by atoms with van der Waals surface area (Å²) in [5.74, 6) is -0.0611. The van der Waals surface area contributed by atoms with Gasteiger partial charge in [0.25, 0.3) is 5.91 Å². The molecule has 1 aromatic carbocycles. The molecular weight excluding hydrogens is 342 g/mol. The molecule has 0 aliphatic carbocycles. The number of aromatic nitrogens is 1. The van der Waals surface area contributed by atoms with Gasteiger partial charge in [-0.05, 0) is 50.1 Å². The van der Waals surface area contributed by atoms with Crippen LogP contribution >= 0.6 is 15.9 Å². The van der Waals surface area contributed by atoms with Crippen molar-refractivity contribution in [3.05, 3.63) is 52.3 Å². The van der Waals surface area contributed by atoms with Gasteiger partial charge in [-0.15, -0.1) is 0 Å². The number of halogens is 1. The number of amides is 1. The van der Waals surface area contributed by atoms with Crippen LogP contribution in [0.5, 0.6) is 0 Å². The van der Waals surface area contributed by atoms with Gasteiger partial charge in [0, 0.05) is 23.2 Å². The van der Waals surface area contributed by atoms with Crippen LogP contribution < -0.4 is 10.2 Å². The Kier molecular flexibility index (Phi) is 4.43. The van der Waals surface area contributed by atoms with E-state index < -0.39 is 0 Å². The molecule has 1 aromatic heterocycles. The fourth-order valence-electron chi connectivity index (χ4n) is 2.68. The Labute approximate surface area is 138 Å². The van der Waals surface area contributed by atoms with Crippen molar-refractivity contribution < 1.29 is 4.79 Å². The normalized spacial score (nSPS) is 13.2. The topological polar surface area (TPSA) is 45.2 Å². The third-order valence-corrected chi connectivity index (χ3v) is 4.27. The summed E-state index contributed by atoms with van der Waals surface area (Å²) in [6, 6.07) is 11.5. The molecule has 1 amide bonds. The van der Waals surface area contributed by atoms with Crippen molar-refractivity contribution in [2.24, 2.45) is 0 Å². The maximum Gasteiger partial charge on any atom is 0.276 e. The van der Waals surface area contributed by atoms with E-state index in [0.29, 0.717) is 12.2 Å². The summed E-state index contributed by atoms with van der Waals surface area (Å²) in [6.07, 6.45) is 1.98. The molecule has 0 spiro atoms. The smallest absolute Gasteiger partial charge is 0.276 e. The second-order valence-corrected chi connectivity index (χ2v) is 6.17. The highest BCUT2D eigenvalue weighted by Crippen LogP contribution is 2.24. The van der Waals surface area contributed by atoms with E-state index in [0.717, 1.165) is 40.9 Å². The Balaban J connectivity index is 1.91. The fraction of sp³-hybridized carbons (Fsp3) is 0.294. The number of hydrogen-bond acceptors (Lipinski definition) is 3. The molecule has 0 bridgehead atoms. The van der Waals surface area contributed by atoms with Crippen molar-refractivity contribution in [2.45, 2.75) is 19.8 Å². The van der Waals surface area contributed by atoms with Crippen LogP contribution in [0.1, 0.15) is 29.5 Å². The summed E-state index contributed by atoms with van der Waals surface area (Å²) in [5.41, 5.74) is 3.42. The fourth-order valence-corrected chi connectivity index (χ4v) is 3.06. The van der Waals surface area contributed by atoms with Crippen molar-refractivity contribution in [1.29, 1.82) is 0 Å². The minimum atomic E-state index is -0.0611. The molecule has 2 aromatic rings. The first kappa shape index (κ1) is 15.0. The Hall–Kier alpha value is -1.88. The average Bonchev–Trinajstić information content (AvgIpc) is 2.55. The van der Waals surface area contributed by atoms with E-state index in [2.05, 4.69) is 26.2 Å². The molecule has 0 atom stereocenters. The number of nitrogens with one attached hydrogen (secondary N) is 1. The van der Waals surface area contributed by atoms with E-state index in [-0.39, 0.29) is 5.91 Å². The zero-order chi connectivity index (χ0) is 15.5. The third kappa shape index (κ3) is 2.99. The van der Waals surface area contributed by atoms with E-state index in [1.807, 2.05) is 37.3 Å². The number of hydrogen-bond donors (Lipinski definition) is 1. The first-order chi connectivity index (χ1) is 10.7. The third-order valence-electron chi connectivity index (χ3n) is 3.78. The van der Waals surface area contributed by atoms with Gasteiger partial charge in [-0.25, -0.2) is 4.98 Å². The Morgan fingerprint density at radius 3 is 3.00 bits per heavy atom. The summed E-state index contributed by atoms with van der Waals surface area (Å²) < 4.78 is 0.957. The molecule has 4 nitrogen and oxygen atoms in total. The molecule has 0 saturated heterocycles. The van der Waals surface area contributed by atoms with Crippen LogP contribution in [0, 0.1) is 0 Å². The molecular formula is C17H18BrN3O. The van der Waals surface area contributed by atoms with E-state index in [9.17, 15) is 4.79 Å². The second kappa shape index (κ2) is 6.48. The number of benzene rings is 1. The molecule has 0 radical (unpaired) electrons. The maximum atomic E-state index is 12.8. The van der Waals surface area contributed by atoms with Gasteiger partial charge in [0.15, 0.2) is 0 Å². The van der Waals surface area contributed by atoms with Gasteiger partial charge in [0.05, 0.1) is 11.4 Å². The summed E-state index contributed by atoms with van der Waals surface area (Å²) in [5, 5.41) is 3.32. The number of nitrogens with zero attached hydrogens (tertiary/aromatic N) is 2.